The third-order valence-electron chi connectivity index (χ3n) is 5.46. The number of hydrogen-bond donors (Lipinski definition) is 2. The zero-order chi connectivity index (χ0) is 20.0. The molecule has 1 saturated carbocycles. The van der Waals surface area contributed by atoms with Crippen LogP contribution >= 0.6 is 0 Å². The molecule has 1 fully saturated rings. The molecule has 0 radical (unpaired) electrons. The molecule has 8 nitrogen and oxygen atoms in total. The standard InChI is InChI=1S/C21H19N5O3/c1-26-18-4-5-22-11-17(18)16-3-2-12(6-19(16)26)13-9-23-20(24-10-13)29-15-7-14(8-15)25-21(27)28/h2-6,9-11,14-15,25H,7-8H2,1H3,(H,27,28)/t14-,15-. The van der Waals surface area contributed by atoms with Crippen molar-refractivity contribution in [2.75, 3.05) is 0 Å². The van der Waals surface area contributed by atoms with Crippen molar-refractivity contribution in [1.29, 1.82) is 0 Å². The van der Waals surface area contributed by atoms with Gasteiger partial charge in [0.2, 0.25) is 0 Å². The second-order valence-corrected chi connectivity index (χ2v) is 7.30. The van der Waals surface area contributed by atoms with Crippen LogP contribution in [-0.4, -0.2) is 42.9 Å². The molecular formula is C21H19N5O3. The van der Waals surface area contributed by atoms with Crippen molar-refractivity contribution in [3.63, 3.8) is 0 Å². The molecule has 0 spiro atoms. The fourth-order valence-electron chi connectivity index (χ4n) is 3.86. The minimum absolute atomic E-state index is 0.0560. The van der Waals surface area contributed by atoms with Gasteiger partial charge in [-0.1, -0.05) is 12.1 Å². The van der Waals surface area contributed by atoms with Crippen molar-refractivity contribution >= 4 is 27.9 Å². The fraction of sp³-hybridized carbons (Fsp3) is 0.238. The van der Waals surface area contributed by atoms with Crippen LogP contribution in [0, 0.1) is 0 Å². The van der Waals surface area contributed by atoms with E-state index in [2.05, 4.69) is 43.0 Å². The Morgan fingerprint density at radius 1 is 1.10 bits per heavy atom. The summed E-state index contributed by atoms with van der Waals surface area (Å²) in [6.45, 7) is 0. The molecule has 3 heterocycles. The minimum atomic E-state index is -1.01. The van der Waals surface area contributed by atoms with Gasteiger partial charge in [-0.05, 0) is 17.7 Å². The van der Waals surface area contributed by atoms with Gasteiger partial charge in [0.05, 0.1) is 5.52 Å². The van der Waals surface area contributed by atoms with Gasteiger partial charge in [-0.3, -0.25) is 4.98 Å². The molecule has 1 amide bonds. The number of carbonyl (C=O) groups is 1. The Labute approximate surface area is 166 Å². The predicted molar refractivity (Wildman–Crippen MR) is 108 cm³/mol. The zero-order valence-corrected chi connectivity index (χ0v) is 15.7. The monoisotopic (exact) mass is 389 g/mol. The van der Waals surface area contributed by atoms with Gasteiger partial charge in [-0.25, -0.2) is 14.8 Å². The largest absolute Gasteiger partial charge is 0.465 e. The molecule has 1 aliphatic rings. The number of aromatic nitrogens is 4. The molecule has 4 aromatic rings. The average molecular weight is 389 g/mol. The topological polar surface area (TPSA) is 102 Å². The van der Waals surface area contributed by atoms with Crippen LogP contribution in [-0.2, 0) is 7.05 Å². The zero-order valence-electron chi connectivity index (χ0n) is 15.7. The Balaban J connectivity index is 1.35. The maximum absolute atomic E-state index is 10.6. The van der Waals surface area contributed by atoms with Gasteiger partial charge >= 0.3 is 12.1 Å². The van der Waals surface area contributed by atoms with Crippen LogP contribution < -0.4 is 10.1 Å². The smallest absolute Gasteiger partial charge is 0.404 e. The second kappa shape index (κ2) is 6.73. The summed E-state index contributed by atoms with van der Waals surface area (Å²) in [5, 5.41) is 13.4. The Morgan fingerprint density at radius 3 is 2.66 bits per heavy atom. The van der Waals surface area contributed by atoms with Gasteiger partial charge in [0.15, 0.2) is 0 Å². The SMILES string of the molecule is Cn1c2ccncc2c2ccc(-c3cnc(O[C@H]4C[C@H](NC(=O)O)C4)nc3)cc21. The lowest BCUT2D eigenvalue weighted by Crippen LogP contribution is -2.48. The molecule has 29 heavy (non-hydrogen) atoms. The van der Waals surface area contributed by atoms with Crippen molar-refractivity contribution in [1.82, 2.24) is 24.8 Å². The van der Waals surface area contributed by atoms with Gasteiger partial charge in [0.25, 0.3) is 0 Å². The van der Waals surface area contributed by atoms with E-state index in [1.165, 1.54) is 0 Å². The summed E-state index contributed by atoms with van der Waals surface area (Å²) in [4.78, 5) is 23.5. The van der Waals surface area contributed by atoms with Crippen LogP contribution in [0.2, 0.25) is 0 Å². The number of aryl methyl sites for hydroxylation is 1. The first-order valence-electron chi connectivity index (χ1n) is 9.39. The van der Waals surface area contributed by atoms with E-state index >= 15 is 0 Å². The second-order valence-electron chi connectivity index (χ2n) is 7.30. The maximum Gasteiger partial charge on any atom is 0.404 e. The van der Waals surface area contributed by atoms with E-state index in [0.29, 0.717) is 18.9 Å². The Hall–Kier alpha value is -3.68. The first-order chi connectivity index (χ1) is 14.1. The van der Waals surface area contributed by atoms with Crippen molar-refractivity contribution in [2.24, 2.45) is 7.05 Å². The number of hydrogen-bond acceptors (Lipinski definition) is 5. The molecule has 0 atom stereocenters. The van der Waals surface area contributed by atoms with Crippen molar-refractivity contribution in [3.05, 3.63) is 49.1 Å². The van der Waals surface area contributed by atoms with Gasteiger partial charge in [-0.15, -0.1) is 0 Å². The molecule has 0 aliphatic heterocycles. The molecule has 8 heteroatoms. The molecule has 5 rings (SSSR count). The van der Waals surface area contributed by atoms with Crippen LogP contribution in [0.5, 0.6) is 6.01 Å². The molecular weight excluding hydrogens is 370 g/mol. The third kappa shape index (κ3) is 3.12. The van der Waals surface area contributed by atoms with Crippen LogP contribution in [0.15, 0.2) is 49.1 Å². The van der Waals surface area contributed by atoms with Gasteiger partial charge in [0, 0.05) is 72.6 Å². The van der Waals surface area contributed by atoms with Crippen molar-refractivity contribution < 1.29 is 14.6 Å². The summed E-state index contributed by atoms with van der Waals surface area (Å²) in [5.74, 6) is 0. The summed E-state index contributed by atoms with van der Waals surface area (Å²) in [5.41, 5.74) is 4.19. The number of nitrogens with one attached hydrogen (secondary N) is 1. The van der Waals surface area contributed by atoms with E-state index in [1.54, 1.807) is 18.6 Å². The van der Waals surface area contributed by atoms with Crippen molar-refractivity contribution in [2.45, 2.75) is 25.0 Å². The first-order valence-corrected chi connectivity index (χ1v) is 9.39. The van der Waals surface area contributed by atoms with E-state index < -0.39 is 6.09 Å². The summed E-state index contributed by atoms with van der Waals surface area (Å²) in [6.07, 6.45) is 7.39. The summed E-state index contributed by atoms with van der Waals surface area (Å²) in [7, 11) is 2.05. The number of amides is 1. The highest BCUT2D eigenvalue weighted by Gasteiger charge is 2.32. The number of rotatable bonds is 4. The molecule has 3 aromatic heterocycles. The lowest BCUT2D eigenvalue weighted by molar-refractivity contribution is 0.0748. The quantitative estimate of drug-likeness (QED) is 0.555. The highest BCUT2D eigenvalue weighted by Crippen LogP contribution is 2.31. The van der Waals surface area contributed by atoms with Crippen LogP contribution in [0.3, 0.4) is 0 Å². The third-order valence-corrected chi connectivity index (χ3v) is 5.46. The molecule has 146 valence electrons. The van der Waals surface area contributed by atoms with Crippen LogP contribution in [0.1, 0.15) is 12.8 Å². The molecule has 2 N–H and O–H groups in total. The summed E-state index contributed by atoms with van der Waals surface area (Å²) in [6, 6.07) is 8.55. The molecule has 1 aromatic carbocycles. The lowest BCUT2D eigenvalue weighted by atomic mass is 9.89. The number of benzene rings is 1. The Kier molecular flexibility index (Phi) is 4.04. The fourth-order valence-corrected chi connectivity index (χ4v) is 3.86. The van der Waals surface area contributed by atoms with Crippen molar-refractivity contribution in [3.8, 4) is 17.1 Å². The highest BCUT2D eigenvalue weighted by molar-refractivity contribution is 6.08. The molecule has 0 saturated heterocycles. The highest BCUT2D eigenvalue weighted by atomic mass is 16.5. The van der Waals surface area contributed by atoms with E-state index in [4.69, 9.17) is 9.84 Å². The van der Waals surface area contributed by atoms with E-state index in [0.717, 1.165) is 32.9 Å². The molecule has 0 bridgehead atoms. The minimum Gasteiger partial charge on any atom is -0.465 e. The number of nitrogens with zero attached hydrogens (tertiary/aromatic N) is 4. The normalized spacial score (nSPS) is 18.5. The average Bonchev–Trinajstić information content (AvgIpc) is 2.99. The Bertz CT molecular complexity index is 1210. The number of ether oxygens (including phenoxy) is 1. The Morgan fingerprint density at radius 2 is 1.90 bits per heavy atom. The number of fused-ring (bicyclic) bond motifs is 3. The number of carboxylic acid groups (broad SMARTS) is 1. The van der Waals surface area contributed by atoms with Gasteiger partial charge < -0.3 is 19.7 Å². The van der Waals surface area contributed by atoms with E-state index in [9.17, 15) is 4.79 Å². The van der Waals surface area contributed by atoms with Crippen LogP contribution in [0.4, 0.5) is 4.79 Å². The predicted octanol–water partition coefficient (Wildman–Crippen LogP) is 3.36. The van der Waals surface area contributed by atoms with Gasteiger partial charge in [0.1, 0.15) is 6.10 Å². The maximum atomic E-state index is 10.6. The first kappa shape index (κ1) is 17.4. The number of pyridine rings is 1. The van der Waals surface area contributed by atoms with Gasteiger partial charge in [-0.2, -0.15) is 0 Å². The summed E-state index contributed by atoms with van der Waals surface area (Å²) < 4.78 is 7.88. The lowest BCUT2D eigenvalue weighted by Gasteiger charge is -2.34. The molecule has 0 unspecified atom stereocenters. The van der Waals surface area contributed by atoms with E-state index in [1.807, 2.05) is 19.3 Å². The van der Waals surface area contributed by atoms with E-state index in [-0.39, 0.29) is 12.1 Å². The van der Waals surface area contributed by atoms with Crippen LogP contribution in [0.25, 0.3) is 32.9 Å². The molecule has 1 aliphatic carbocycles. The summed E-state index contributed by atoms with van der Waals surface area (Å²) >= 11 is 0.